The monoisotopic (exact) mass is 320 g/mol. The molecule has 5 nitrogen and oxygen atoms in total. The van der Waals surface area contributed by atoms with Gasteiger partial charge in [-0.1, -0.05) is 0 Å². The van der Waals surface area contributed by atoms with Gasteiger partial charge in [0.05, 0.1) is 12.8 Å². The number of nitrogens with one attached hydrogen (secondary N) is 1. The summed E-state index contributed by atoms with van der Waals surface area (Å²) < 4.78 is 20.7. The molecule has 23 heavy (non-hydrogen) atoms. The van der Waals surface area contributed by atoms with Crippen LogP contribution in [0.3, 0.4) is 0 Å². The highest BCUT2D eigenvalue weighted by Crippen LogP contribution is 2.27. The normalized spacial score (nSPS) is 12.3. The Morgan fingerprint density at radius 3 is 2.70 bits per heavy atom. The molecule has 126 valence electrons. The minimum absolute atomic E-state index is 0.0460. The van der Waals surface area contributed by atoms with Crippen molar-refractivity contribution in [1.29, 1.82) is 0 Å². The number of ether oxygens (including phenoxy) is 1. The molecule has 0 unspecified atom stereocenters. The lowest BCUT2D eigenvalue weighted by molar-refractivity contribution is 0.399. The van der Waals surface area contributed by atoms with Crippen LogP contribution in [0.4, 0.5) is 10.2 Å². The van der Waals surface area contributed by atoms with Gasteiger partial charge in [-0.2, -0.15) is 5.10 Å². The summed E-state index contributed by atoms with van der Waals surface area (Å²) in [4.78, 5) is 2.05. The minimum atomic E-state index is -0.263. The van der Waals surface area contributed by atoms with Gasteiger partial charge in [0, 0.05) is 44.9 Å². The molecular formula is C17H25FN4O. The largest absolute Gasteiger partial charge is 0.496 e. The highest BCUT2D eigenvalue weighted by atomic mass is 19.1. The SMILES string of the molecule is COc1ccc(F)cc1[C@@H](C)NCc1c(C)nn(C)c1N(C)C. The predicted octanol–water partition coefficient (Wildman–Crippen LogP) is 2.79. The Bertz CT molecular complexity index is 681. The molecule has 0 saturated heterocycles. The second-order valence-electron chi connectivity index (χ2n) is 5.89. The van der Waals surface area contributed by atoms with Crippen molar-refractivity contribution in [2.75, 3.05) is 26.1 Å². The molecule has 0 amide bonds. The highest BCUT2D eigenvalue weighted by Gasteiger charge is 2.17. The molecule has 1 N–H and O–H groups in total. The maximum absolute atomic E-state index is 13.5. The Morgan fingerprint density at radius 1 is 1.39 bits per heavy atom. The van der Waals surface area contributed by atoms with E-state index in [0.717, 1.165) is 22.6 Å². The number of anilines is 1. The van der Waals surface area contributed by atoms with E-state index in [2.05, 4.69) is 10.4 Å². The predicted molar refractivity (Wildman–Crippen MR) is 90.5 cm³/mol. The van der Waals surface area contributed by atoms with E-state index in [9.17, 15) is 4.39 Å². The number of aryl methyl sites for hydroxylation is 2. The maximum Gasteiger partial charge on any atom is 0.130 e. The molecule has 1 heterocycles. The zero-order valence-corrected chi connectivity index (χ0v) is 14.6. The third-order valence-corrected chi connectivity index (χ3v) is 3.98. The molecule has 0 saturated carbocycles. The van der Waals surface area contributed by atoms with Crippen LogP contribution in [-0.4, -0.2) is 31.0 Å². The average molecular weight is 320 g/mol. The first-order chi connectivity index (χ1) is 10.8. The van der Waals surface area contributed by atoms with Crippen molar-refractivity contribution in [3.8, 4) is 5.75 Å². The van der Waals surface area contributed by atoms with Crippen LogP contribution in [0.5, 0.6) is 5.75 Å². The van der Waals surface area contributed by atoms with Gasteiger partial charge in [-0.25, -0.2) is 4.39 Å². The lowest BCUT2D eigenvalue weighted by Crippen LogP contribution is -2.22. The summed E-state index contributed by atoms with van der Waals surface area (Å²) in [6.45, 7) is 4.64. The molecule has 0 aliphatic heterocycles. The molecule has 0 bridgehead atoms. The Morgan fingerprint density at radius 2 is 2.09 bits per heavy atom. The number of aromatic nitrogens is 2. The first-order valence-electron chi connectivity index (χ1n) is 7.61. The Hall–Kier alpha value is -2.08. The van der Waals surface area contributed by atoms with Gasteiger partial charge in [0.15, 0.2) is 0 Å². The summed E-state index contributed by atoms with van der Waals surface area (Å²) in [6, 6.07) is 4.53. The summed E-state index contributed by atoms with van der Waals surface area (Å²) in [6.07, 6.45) is 0. The number of nitrogens with zero attached hydrogens (tertiary/aromatic N) is 3. The number of halogens is 1. The average Bonchev–Trinajstić information content (AvgIpc) is 2.78. The van der Waals surface area contributed by atoms with Gasteiger partial charge in [-0.15, -0.1) is 0 Å². The molecule has 0 aliphatic carbocycles. The summed E-state index contributed by atoms with van der Waals surface area (Å²) >= 11 is 0. The van der Waals surface area contributed by atoms with Gasteiger partial charge in [0.1, 0.15) is 17.4 Å². The molecule has 1 aromatic heterocycles. The van der Waals surface area contributed by atoms with Gasteiger partial charge in [0.2, 0.25) is 0 Å². The zero-order chi connectivity index (χ0) is 17.1. The van der Waals surface area contributed by atoms with Crippen molar-refractivity contribution in [2.45, 2.75) is 26.4 Å². The Labute approximate surface area is 137 Å². The van der Waals surface area contributed by atoms with Crippen molar-refractivity contribution in [2.24, 2.45) is 7.05 Å². The Balaban J connectivity index is 2.20. The van der Waals surface area contributed by atoms with Crippen LogP contribution in [0.2, 0.25) is 0 Å². The topological polar surface area (TPSA) is 42.3 Å². The van der Waals surface area contributed by atoms with Crippen LogP contribution < -0.4 is 15.0 Å². The molecule has 0 radical (unpaired) electrons. The smallest absolute Gasteiger partial charge is 0.130 e. The zero-order valence-electron chi connectivity index (χ0n) is 14.6. The van der Waals surface area contributed by atoms with Crippen molar-refractivity contribution < 1.29 is 9.13 Å². The number of methoxy groups -OCH3 is 1. The Kier molecular flexibility index (Phi) is 5.26. The summed E-state index contributed by atoms with van der Waals surface area (Å²) in [7, 11) is 7.53. The van der Waals surface area contributed by atoms with Crippen LogP contribution in [0.25, 0.3) is 0 Å². The van der Waals surface area contributed by atoms with Crippen LogP contribution in [0.15, 0.2) is 18.2 Å². The van der Waals surface area contributed by atoms with E-state index >= 15 is 0 Å². The second-order valence-corrected chi connectivity index (χ2v) is 5.89. The fraction of sp³-hybridized carbons (Fsp3) is 0.471. The lowest BCUT2D eigenvalue weighted by atomic mass is 10.1. The van der Waals surface area contributed by atoms with Gasteiger partial charge in [-0.3, -0.25) is 4.68 Å². The third-order valence-electron chi connectivity index (χ3n) is 3.98. The number of rotatable bonds is 6. The molecule has 1 aromatic carbocycles. The first-order valence-corrected chi connectivity index (χ1v) is 7.61. The van der Waals surface area contributed by atoms with Crippen molar-refractivity contribution in [1.82, 2.24) is 15.1 Å². The van der Waals surface area contributed by atoms with Crippen molar-refractivity contribution in [3.63, 3.8) is 0 Å². The molecule has 6 heteroatoms. The summed E-state index contributed by atoms with van der Waals surface area (Å²) in [5.41, 5.74) is 2.93. The van der Waals surface area contributed by atoms with Crippen LogP contribution in [0, 0.1) is 12.7 Å². The minimum Gasteiger partial charge on any atom is -0.496 e. The summed E-state index contributed by atoms with van der Waals surface area (Å²) in [5.74, 6) is 1.48. The van der Waals surface area contributed by atoms with E-state index in [-0.39, 0.29) is 11.9 Å². The molecule has 0 aliphatic rings. The van der Waals surface area contributed by atoms with Gasteiger partial charge >= 0.3 is 0 Å². The van der Waals surface area contributed by atoms with E-state index in [1.807, 2.05) is 44.6 Å². The van der Waals surface area contributed by atoms with E-state index in [4.69, 9.17) is 4.74 Å². The van der Waals surface area contributed by atoms with Crippen LogP contribution >= 0.6 is 0 Å². The van der Waals surface area contributed by atoms with E-state index in [0.29, 0.717) is 12.3 Å². The number of hydrogen-bond donors (Lipinski definition) is 1. The second kappa shape index (κ2) is 7.00. The van der Waals surface area contributed by atoms with Crippen molar-refractivity contribution in [3.05, 3.63) is 40.8 Å². The fourth-order valence-corrected chi connectivity index (χ4v) is 2.86. The molecule has 0 spiro atoms. The van der Waals surface area contributed by atoms with E-state index < -0.39 is 0 Å². The molecule has 2 rings (SSSR count). The van der Waals surface area contributed by atoms with Crippen LogP contribution in [0.1, 0.15) is 29.8 Å². The standard InChI is InChI=1S/C17H25FN4O/c1-11(14-9-13(18)7-8-16(14)23-6)19-10-15-12(2)20-22(5)17(15)21(3)4/h7-9,11,19H,10H2,1-6H3/t11-/m1/s1. The van der Waals surface area contributed by atoms with Crippen molar-refractivity contribution >= 4 is 5.82 Å². The molecular weight excluding hydrogens is 295 g/mol. The van der Waals surface area contributed by atoms with E-state index in [1.54, 1.807) is 13.2 Å². The lowest BCUT2D eigenvalue weighted by Gasteiger charge is -2.19. The van der Waals surface area contributed by atoms with Gasteiger partial charge < -0.3 is 15.0 Å². The molecule has 0 fully saturated rings. The first kappa shape index (κ1) is 17.3. The van der Waals surface area contributed by atoms with E-state index in [1.165, 1.54) is 12.1 Å². The van der Waals surface area contributed by atoms with Gasteiger partial charge in [-0.05, 0) is 32.0 Å². The maximum atomic E-state index is 13.5. The quantitative estimate of drug-likeness (QED) is 0.889. The molecule has 1 atom stereocenters. The van der Waals surface area contributed by atoms with Gasteiger partial charge in [0.25, 0.3) is 0 Å². The third kappa shape index (κ3) is 3.64. The number of benzene rings is 1. The van der Waals surface area contributed by atoms with Crippen LogP contribution in [-0.2, 0) is 13.6 Å². The fourth-order valence-electron chi connectivity index (χ4n) is 2.86. The summed E-state index contributed by atoms with van der Waals surface area (Å²) in [5, 5.41) is 7.92. The molecule has 2 aromatic rings. The number of hydrogen-bond acceptors (Lipinski definition) is 4. The highest BCUT2D eigenvalue weighted by molar-refractivity contribution is 5.49.